The molecule has 5 nitrogen and oxygen atoms in total. The van der Waals surface area contributed by atoms with Crippen molar-refractivity contribution in [3.63, 3.8) is 0 Å². The van der Waals surface area contributed by atoms with E-state index in [1.54, 1.807) is 18.3 Å². The molecular formula is C21H18N2O3S2. The van der Waals surface area contributed by atoms with E-state index in [0.717, 1.165) is 21.3 Å². The number of amides is 1. The first-order chi connectivity index (χ1) is 13.6. The summed E-state index contributed by atoms with van der Waals surface area (Å²) in [5.41, 5.74) is 3.61. The van der Waals surface area contributed by atoms with Crippen LogP contribution < -0.4 is 5.32 Å². The fraction of sp³-hybridized carbons (Fsp3) is 0.143. The number of hydrogen-bond acceptors (Lipinski definition) is 5. The summed E-state index contributed by atoms with van der Waals surface area (Å²) in [6.45, 7) is 2.03. The summed E-state index contributed by atoms with van der Waals surface area (Å²) in [5.74, 6) is -0.691. The Morgan fingerprint density at radius 1 is 1.14 bits per heavy atom. The standard InChI is InChI=1S/C21H18N2O3S2/c1-3-26-21(25)18-14(13-7-5-4-6-8-13)12-28-20(18)22-19(24)16-11-17-15(23(16)2)9-10-27-17/h4-12H,3H2,1-2H3,(H,22,24). The maximum atomic E-state index is 12.9. The zero-order valence-electron chi connectivity index (χ0n) is 15.4. The van der Waals surface area contributed by atoms with Gasteiger partial charge in [-0.25, -0.2) is 4.79 Å². The molecule has 1 N–H and O–H groups in total. The monoisotopic (exact) mass is 410 g/mol. The Morgan fingerprint density at radius 2 is 1.93 bits per heavy atom. The predicted molar refractivity (Wildman–Crippen MR) is 114 cm³/mol. The molecule has 4 rings (SSSR count). The van der Waals surface area contributed by atoms with E-state index in [2.05, 4.69) is 5.32 Å². The lowest BCUT2D eigenvalue weighted by molar-refractivity contribution is 0.0529. The normalized spacial score (nSPS) is 10.9. The van der Waals surface area contributed by atoms with E-state index in [4.69, 9.17) is 4.74 Å². The van der Waals surface area contributed by atoms with Gasteiger partial charge in [0.1, 0.15) is 16.3 Å². The van der Waals surface area contributed by atoms with Crippen molar-refractivity contribution < 1.29 is 14.3 Å². The highest BCUT2D eigenvalue weighted by atomic mass is 32.1. The van der Waals surface area contributed by atoms with Gasteiger partial charge in [-0.3, -0.25) is 4.79 Å². The van der Waals surface area contributed by atoms with Gasteiger partial charge in [0.15, 0.2) is 0 Å². The number of ether oxygens (including phenoxy) is 1. The Hall–Kier alpha value is -2.90. The molecule has 0 unspecified atom stereocenters. The highest BCUT2D eigenvalue weighted by Crippen LogP contribution is 2.36. The SMILES string of the molecule is CCOC(=O)c1c(-c2ccccc2)csc1NC(=O)c1cc2sccc2n1C. The Bertz CT molecular complexity index is 1160. The molecule has 7 heteroatoms. The van der Waals surface area contributed by atoms with Gasteiger partial charge in [-0.15, -0.1) is 22.7 Å². The number of nitrogens with one attached hydrogen (secondary N) is 1. The van der Waals surface area contributed by atoms with Crippen LogP contribution in [0, 0.1) is 0 Å². The number of anilines is 1. The fourth-order valence-electron chi connectivity index (χ4n) is 3.12. The molecule has 0 atom stereocenters. The average molecular weight is 411 g/mol. The van der Waals surface area contributed by atoms with Crippen LogP contribution in [0.25, 0.3) is 21.3 Å². The first-order valence-corrected chi connectivity index (χ1v) is 10.5. The van der Waals surface area contributed by atoms with Crippen molar-refractivity contribution >= 4 is 49.8 Å². The van der Waals surface area contributed by atoms with E-state index in [1.165, 1.54) is 11.3 Å². The molecule has 3 aromatic heterocycles. The van der Waals surface area contributed by atoms with Crippen LogP contribution in [0.15, 0.2) is 53.2 Å². The number of aryl methyl sites for hydroxylation is 1. The topological polar surface area (TPSA) is 60.3 Å². The summed E-state index contributed by atoms with van der Waals surface area (Å²) in [7, 11) is 1.86. The molecule has 142 valence electrons. The van der Waals surface area contributed by atoms with Crippen molar-refractivity contribution in [1.82, 2.24) is 4.57 Å². The number of rotatable bonds is 5. The number of carbonyl (C=O) groups excluding carboxylic acids is 2. The number of thiophene rings is 2. The molecule has 0 saturated carbocycles. The van der Waals surface area contributed by atoms with Gasteiger partial charge in [0.05, 0.1) is 16.8 Å². The Kier molecular flexibility index (Phi) is 5.02. The molecule has 0 saturated heterocycles. The van der Waals surface area contributed by atoms with E-state index in [9.17, 15) is 9.59 Å². The number of nitrogens with zero attached hydrogens (tertiary/aromatic N) is 1. The number of fused-ring (bicyclic) bond motifs is 1. The highest BCUT2D eigenvalue weighted by Gasteiger charge is 2.24. The van der Waals surface area contributed by atoms with Crippen molar-refractivity contribution in [3.05, 3.63) is 64.5 Å². The van der Waals surface area contributed by atoms with Crippen molar-refractivity contribution in [3.8, 4) is 11.1 Å². The van der Waals surface area contributed by atoms with Crippen LogP contribution in [0.2, 0.25) is 0 Å². The Labute approximate surface area is 170 Å². The van der Waals surface area contributed by atoms with Crippen LogP contribution in [0.1, 0.15) is 27.8 Å². The molecule has 0 aliphatic carbocycles. The number of esters is 1. The lowest BCUT2D eigenvalue weighted by atomic mass is 10.0. The average Bonchev–Trinajstić information content (AvgIpc) is 3.39. The first kappa shape index (κ1) is 18.5. The van der Waals surface area contributed by atoms with Crippen molar-refractivity contribution in [2.24, 2.45) is 7.05 Å². The summed E-state index contributed by atoms with van der Waals surface area (Å²) in [5, 5.41) is 7.28. The van der Waals surface area contributed by atoms with Gasteiger partial charge < -0.3 is 14.6 Å². The molecule has 3 heterocycles. The lowest BCUT2D eigenvalue weighted by Crippen LogP contribution is -2.17. The van der Waals surface area contributed by atoms with Crippen LogP contribution >= 0.6 is 22.7 Å². The van der Waals surface area contributed by atoms with Gasteiger partial charge in [0, 0.05) is 18.0 Å². The second kappa shape index (κ2) is 7.61. The number of benzene rings is 1. The molecule has 0 aliphatic heterocycles. The fourth-order valence-corrected chi connectivity index (χ4v) is 4.92. The molecule has 0 spiro atoms. The molecule has 1 aromatic carbocycles. The summed E-state index contributed by atoms with van der Waals surface area (Å²) < 4.78 is 8.16. The first-order valence-electron chi connectivity index (χ1n) is 8.78. The quantitative estimate of drug-likeness (QED) is 0.448. The van der Waals surface area contributed by atoms with Crippen LogP contribution in [-0.2, 0) is 11.8 Å². The van der Waals surface area contributed by atoms with E-state index in [0.29, 0.717) is 16.3 Å². The van der Waals surface area contributed by atoms with Crippen LogP contribution in [-0.4, -0.2) is 23.1 Å². The third-order valence-corrected chi connectivity index (χ3v) is 6.23. The predicted octanol–water partition coefficient (Wildman–Crippen LogP) is 5.40. The summed E-state index contributed by atoms with van der Waals surface area (Å²) >= 11 is 2.91. The summed E-state index contributed by atoms with van der Waals surface area (Å²) in [6.07, 6.45) is 0. The highest BCUT2D eigenvalue weighted by molar-refractivity contribution is 7.17. The smallest absolute Gasteiger partial charge is 0.341 e. The summed E-state index contributed by atoms with van der Waals surface area (Å²) in [6, 6.07) is 13.5. The molecule has 28 heavy (non-hydrogen) atoms. The van der Waals surface area contributed by atoms with Gasteiger partial charge in [0.25, 0.3) is 5.91 Å². The van der Waals surface area contributed by atoms with Gasteiger partial charge in [-0.05, 0) is 30.0 Å². The summed E-state index contributed by atoms with van der Waals surface area (Å²) in [4.78, 5) is 25.5. The van der Waals surface area contributed by atoms with Crippen molar-refractivity contribution in [2.75, 3.05) is 11.9 Å². The van der Waals surface area contributed by atoms with E-state index >= 15 is 0 Å². The van der Waals surface area contributed by atoms with E-state index in [-0.39, 0.29) is 12.5 Å². The second-order valence-electron chi connectivity index (χ2n) is 6.15. The largest absolute Gasteiger partial charge is 0.462 e. The molecule has 1 amide bonds. The van der Waals surface area contributed by atoms with Crippen LogP contribution in [0.3, 0.4) is 0 Å². The lowest BCUT2D eigenvalue weighted by Gasteiger charge is -2.09. The van der Waals surface area contributed by atoms with Crippen molar-refractivity contribution in [1.29, 1.82) is 0 Å². The minimum absolute atomic E-state index is 0.252. The van der Waals surface area contributed by atoms with Gasteiger partial charge in [-0.1, -0.05) is 30.3 Å². The zero-order valence-corrected chi connectivity index (χ0v) is 17.0. The van der Waals surface area contributed by atoms with Gasteiger partial charge >= 0.3 is 5.97 Å². The third-order valence-electron chi connectivity index (χ3n) is 4.48. The molecule has 0 radical (unpaired) electrons. The maximum absolute atomic E-state index is 12.9. The molecule has 0 bridgehead atoms. The molecule has 0 fully saturated rings. The van der Waals surface area contributed by atoms with Crippen LogP contribution in [0.4, 0.5) is 5.00 Å². The van der Waals surface area contributed by atoms with E-state index in [1.807, 2.05) is 64.8 Å². The Balaban J connectivity index is 1.72. The second-order valence-corrected chi connectivity index (χ2v) is 7.98. The Morgan fingerprint density at radius 3 is 2.64 bits per heavy atom. The van der Waals surface area contributed by atoms with Crippen molar-refractivity contribution in [2.45, 2.75) is 6.92 Å². The number of hydrogen-bond donors (Lipinski definition) is 1. The minimum atomic E-state index is -0.439. The van der Waals surface area contributed by atoms with Gasteiger partial charge in [0.2, 0.25) is 0 Å². The van der Waals surface area contributed by atoms with Gasteiger partial charge in [-0.2, -0.15) is 0 Å². The molecule has 4 aromatic rings. The number of carbonyl (C=O) groups is 2. The van der Waals surface area contributed by atoms with E-state index < -0.39 is 5.97 Å². The van der Waals surface area contributed by atoms with Crippen LogP contribution in [0.5, 0.6) is 0 Å². The maximum Gasteiger partial charge on any atom is 0.341 e. The minimum Gasteiger partial charge on any atom is -0.462 e. The third kappa shape index (κ3) is 3.23. The molecule has 0 aliphatic rings. The zero-order chi connectivity index (χ0) is 19.7. The molecular weight excluding hydrogens is 392 g/mol. The number of aromatic nitrogens is 1.